The van der Waals surface area contributed by atoms with Gasteiger partial charge in [-0.05, 0) is 35.4 Å². The second kappa shape index (κ2) is 14.6. The SMILES string of the molecule is CC(C)C[C@H](NC(=O)[C@H](Cc1ccccc1)NP(=O)(OCc1ccccc1)OCc1ccccc1)C(=O)O. The minimum absolute atomic E-state index is 0.00924. The minimum atomic E-state index is -4.05. The molecule has 0 fully saturated rings. The van der Waals surface area contributed by atoms with Crippen molar-refractivity contribution in [1.29, 1.82) is 0 Å². The summed E-state index contributed by atoms with van der Waals surface area (Å²) in [6, 6.07) is 25.5. The Morgan fingerprint density at radius 3 is 1.63 bits per heavy atom. The molecule has 38 heavy (non-hydrogen) atoms. The largest absolute Gasteiger partial charge is 0.480 e. The van der Waals surface area contributed by atoms with Crippen molar-refractivity contribution >= 4 is 19.6 Å². The van der Waals surface area contributed by atoms with Crippen molar-refractivity contribution in [2.75, 3.05) is 0 Å². The number of benzene rings is 3. The molecule has 0 unspecified atom stereocenters. The Bertz CT molecular complexity index is 1140. The number of nitrogens with one attached hydrogen (secondary N) is 2. The summed E-state index contributed by atoms with van der Waals surface area (Å²) < 4.78 is 25.6. The number of carbonyl (C=O) groups excluding carboxylic acids is 1. The molecule has 8 nitrogen and oxygen atoms in total. The van der Waals surface area contributed by atoms with Gasteiger partial charge in [-0.3, -0.25) is 13.8 Å². The summed E-state index contributed by atoms with van der Waals surface area (Å²) in [4.78, 5) is 25.2. The quantitative estimate of drug-likeness (QED) is 0.224. The molecule has 9 heteroatoms. The zero-order valence-corrected chi connectivity index (χ0v) is 22.6. The van der Waals surface area contributed by atoms with E-state index in [9.17, 15) is 19.3 Å². The Balaban J connectivity index is 1.85. The molecule has 0 spiro atoms. The van der Waals surface area contributed by atoms with Crippen molar-refractivity contribution in [3.8, 4) is 0 Å². The third kappa shape index (κ3) is 9.88. The van der Waals surface area contributed by atoms with Crippen LogP contribution in [0.2, 0.25) is 0 Å². The molecule has 3 N–H and O–H groups in total. The minimum Gasteiger partial charge on any atom is -0.480 e. The fraction of sp³-hybridized carbons (Fsp3) is 0.310. The first-order valence-electron chi connectivity index (χ1n) is 12.6. The Morgan fingerprint density at radius 1 is 0.763 bits per heavy atom. The highest BCUT2D eigenvalue weighted by Gasteiger charge is 2.34. The standard InChI is InChI=1S/C29H35N2O6P/c1-22(2)18-27(29(33)34)30-28(32)26(19-23-12-6-3-7-13-23)31-38(35,36-20-24-14-8-4-9-15-24)37-21-25-16-10-5-11-17-25/h3-17,22,26-27H,18-21H2,1-2H3,(H,30,32)(H,31,35)(H,33,34)/t26-,27-/m0/s1. The average Bonchev–Trinajstić information content (AvgIpc) is 2.91. The maximum atomic E-state index is 14.0. The van der Waals surface area contributed by atoms with E-state index in [1.54, 1.807) is 0 Å². The lowest BCUT2D eigenvalue weighted by Gasteiger charge is -2.26. The molecule has 202 valence electrons. The number of carbonyl (C=O) groups is 2. The fourth-order valence-corrected chi connectivity index (χ4v) is 5.23. The molecule has 0 aliphatic carbocycles. The highest BCUT2D eigenvalue weighted by atomic mass is 31.2. The van der Waals surface area contributed by atoms with Crippen LogP contribution in [0.25, 0.3) is 0 Å². The molecule has 3 aromatic rings. The maximum absolute atomic E-state index is 14.0. The summed E-state index contributed by atoms with van der Waals surface area (Å²) in [5.41, 5.74) is 2.36. The number of aliphatic carboxylic acids is 1. The van der Waals surface area contributed by atoms with Crippen molar-refractivity contribution in [2.45, 2.75) is 52.0 Å². The average molecular weight is 539 g/mol. The number of carboxylic acids is 1. The number of carboxylic acid groups (broad SMARTS) is 1. The molecule has 0 aromatic heterocycles. The summed E-state index contributed by atoms with van der Waals surface area (Å²) in [5, 5.41) is 15.1. The van der Waals surface area contributed by atoms with Gasteiger partial charge in [0.2, 0.25) is 5.91 Å². The van der Waals surface area contributed by atoms with Gasteiger partial charge < -0.3 is 10.4 Å². The molecular weight excluding hydrogens is 503 g/mol. The van der Waals surface area contributed by atoms with Crippen molar-refractivity contribution in [3.05, 3.63) is 108 Å². The summed E-state index contributed by atoms with van der Waals surface area (Å²) in [5.74, 6) is -1.69. The van der Waals surface area contributed by atoms with Crippen LogP contribution in [0.15, 0.2) is 91.0 Å². The summed E-state index contributed by atoms with van der Waals surface area (Å²) >= 11 is 0. The highest BCUT2D eigenvalue weighted by Crippen LogP contribution is 2.46. The molecule has 0 saturated carbocycles. The monoisotopic (exact) mass is 538 g/mol. The van der Waals surface area contributed by atoms with Gasteiger partial charge in [0, 0.05) is 0 Å². The molecule has 0 saturated heterocycles. The number of hydrogen-bond acceptors (Lipinski definition) is 5. The Kier molecular flexibility index (Phi) is 11.2. The van der Waals surface area contributed by atoms with Crippen LogP contribution >= 0.6 is 7.75 Å². The predicted octanol–water partition coefficient (Wildman–Crippen LogP) is 5.34. The van der Waals surface area contributed by atoms with E-state index < -0.39 is 31.7 Å². The van der Waals surface area contributed by atoms with Gasteiger partial charge in [0.15, 0.2) is 0 Å². The van der Waals surface area contributed by atoms with E-state index in [1.807, 2.05) is 105 Å². The van der Waals surface area contributed by atoms with Gasteiger partial charge in [-0.2, -0.15) is 0 Å². The van der Waals surface area contributed by atoms with Gasteiger partial charge in [0.1, 0.15) is 12.1 Å². The van der Waals surface area contributed by atoms with Crippen LogP contribution in [0.1, 0.15) is 37.0 Å². The Morgan fingerprint density at radius 2 is 1.21 bits per heavy atom. The molecular formula is C29H35N2O6P. The molecule has 1 amide bonds. The van der Waals surface area contributed by atoms with Crippen LogP contribution in [0.3, 0.4) is 0 Å². The normalized spacial score (nSPS) is 13.1. The number of rotatable bonds is 15. The molecule has 0 radical (unpaired) electrons. The molecule has 0 aliphatic heterocycles. The maximum Gasteiger partial charge on any atom is 0.406 e. The van der Waals surface area contributed by atoms with E-state index >= 15 is 0 Å². The van der Waals surface area contributed by atoms with E-state index in [1.165, 1.54) is 0 Å². The first-order valence-corrected chi connectivity index (χ1v) is 14.1. The molecule has 3 aromatic carbocycles. The van der Waals surface area contributed by atoms with Crippen molar-refractivity contribution < 1.29 is 28.3 Å². The third-order valence-electron chi connectivity index (χ3n) is 5.72. The van der Waals surface area contributed by atoms with E-state index in [0.717, 1.165) is 16.7 Å². The lowest BCUT2D eigenvalue weighted by molar-refractivity contribution is -0.142. The fourth-order valence-electron chi connectivity index (χ4n) is 3.78. The van der Waals surface area contributed by atoms with E-state index in [-0.39, 0.29) is 32.0 Å². The van der Waals surface area contributed by atoms with Crippen LogP contribution in [0, 0.1) is 5.92 Å². The first kappa shape index (κ1) is 29.3. The second-order valence-electron chi connectivity index (χ2n) is 9.42. The smallest absolute Gasteiger partial charge is 0.406 e. The summed E-state index contributed by atoms with van der Waals surface area (Å²) in [7, 11) is -4.05. The van der Waals surface area contributed by atoms with Gasteiger partial charge in [-0.15, -0.1) is 0 Å². The molecule has 0 heterocycles. The zero-order chi connectivity index (χ0) is 27.4. The van der Waals surface area contributed by atoms with Gasteiger partial charge >= 0.3 is 13.7 Å². The summed E-state index contributed by atoms with van der Waals surface area (Å²) in [6.45, 7) is 3.74. The lowest BCUT2D eigenvalue weighted by atomic mass is 10.0. The number of hydrogen-bond donors (Lipinski definition) is 3. The molecule has 2 atom stereocenters. The third-order valence-corrected chi connectivity index (χ3v) is 7.29. The van der Waals surface area contributed by atoms with E-state index in [2.05, 4.69) is 10.4 Å². The van der Waals surface area contributed by atoms with E-state index in [0.29, 0.717) is 0 Å². The van der Waals surface area contributed by atoms with Crippen LogP contribution < -0.4 is 10.4 Å². The highest BCUT2D eigenvalue weighted by molar-refractivity contribution is 7.51. The molecule has 0 bridgehead atoms. The first-order chi connectivity index (χ1) is 18.2. The lowest BCUT2D eigenvalue weighted by Crippen LogP contribution is -2.50. The van der Waals surface area contributed by atoms with Gasteiger partial charge in [0.05, 0.1) is 13.2 Å². The molecule has 3 rings (SSSR count). The summed E-state index contributed by atoms with van der Waals surface area (Å²) in [6.07, 6.45) is 0.403. The Labute approximate surface area is 224 Å². The van der Waals surface area contributed by atoms with E-state index in [4.69, 9.17) is 9.05 Å². The predicted molar refractivity (Wildman–Crippen MR) is 146 cm³/mol. The van der Waals surface area contributed by atoms with Gasteiger partial charge in [-0.25, -0.2) is 14.4 Å². The van der Waals surface area contributed by atoms with Crippen LogP contribution in [0.5, 0.6) is 0 Å². The van der Waals surface area contributed by atoms with Crippen molar-refractivity contribution in [2.24, 2.45) is 5.92 Å². The zero-order valence-electron chi connectivity index (χ0n) is 21.7. The van der Waals surface area contributed by atoms with Crippen LogP contribution in [0.4, 0.5) is 0 Å². The van der Waals surface area contributed by atoms with Crippen LogP contribution in [-0.4, -0.2) is 29.1 Å². The van der Waals surface area contributed by atoms with Crippen molar-refractivity contribution in [1.82, 2.24) is 10.4 Å². The van der Waals surface area contributed by atoms with Gasteiger partial charge in [-0.1, -0.05) is 105 Å². The number of amides is 1. The second-order valence-corrected chi connectivity index (χ2v) is 11.2. The topological polar surface area (TPSA) is 114 Å². The Hall–Kier alpha value is -3.29. The van der Waals surface area contributed by atoms with Crippen molar-refractivity contribution in [3.63, 3.8) is 0 Å². The van der Waals surface area contributed by atoms with Gasteiger partial charge in [0.25, 0.3) is 0 Å². The van der Waals surface area contributed by atoms with Crippen LogP contribution in [-0.2, 0) is 42.8 Å². The molecule has 0 aliphatic rings.